The Bertz CT molecular complexity index is 1280. The van der Waals surface area contributed by atoms with E-state index in [0.717, 1.165) is 24.3 Å². The maximum absolute atomic E-state index is 13.5. The third kappa shape index (κ3) is 5.04. The SMILES string of the molecule is Cc1cc(S(=O)(=O)Nc2ccc(C(=O)Nc3ccc(F)c(C(N)=O)c3)cc2)ccc1F. The molecule has 4 N–H and O–H groups in total. The number of primary amides is 1. The summed E-state index contributed by atoms with van der Waals surface area (Å²) in [5, 5.41) is 2.50. The van der Waals surface area contributed by atoms with Gasteiger partial charge in [0.05, 0.1) is 10.5 Å². The summed E-state index contributed by atoms with van der Waals surface area (Å²) in [6, 6.07) is 12.3. The van der Waals surface area contributed by atoms with Gasteiger partial charge in [0.25, 0.3) is 21.8 Å². The molecule has 0 bridgehead atoms. The number of benzene rings is 3. The van der Waals surface area contributed by atoms with Crippen LogP contribution >= 0.6 is 0 Å². The summed E-state index contributed by atoms with van der Waals surface area (Å²) in [6.07, 6.45) is 0. The fraction of sp³-hybridized carbons (Fsp3) is 0.0476. The van der Waals surface area contributed by atoms with Crippen molar-refractivity contribution in [1.82, 2.24) is 0 Å². The van der Waals surface area contributed by atoms with Gasteiger partial charge in [-0.15, -0.1) is 0 Å². The Labute approximate surface area is 176 Å². The summed E-state index contributed by atoms with van der Waals surface area (Å²) in [5.74, 6) is -2.86. The molecule has 0 heterocycles. The highest BCUT2D eigenvalue weighted by Gasteiger charge is 2.16. The van der Waals surface area contributed by atoms with E-state index in [1.54, 1.807) is 0 Å². The zero-order chi connectivity index (χ0) is 22.8. The van der Waals surface area contributed by atoms with Crippen LogP contribution in [0.1, 0.15) is 26.3 Å². The van der Waals surface area contributed by atoms with Gasteiger partial charge in [0.2, 0.25) is 0 Å². The molecule has 3 aromatic carbocycles. The Balaban J connectivity index is 1.74. The van der Waals surface area contributed by atoms with E-state index >= 15 is 0 Å². The van der Waals surface area contributed by atoms with Crippen molar-refractivity contribution in [3.8, 4) is 0 Å². The van der Waals surface area contributed by atoms with Crippen LogP contribution in [0.15, 0.2) is 65.6 Å². The lowest BCUT2D eigenvalue weighted by molar-refractivity contribution is 0.0992. The van der Waals surface area contributed by atoms with Crippen LogP contribution in [0.4, 0.5) is 20.2 Å². The van der Waals surface area contributed by atoms with Gasteiger partial charge in [-0.05, 0) is 73.2 Å². The molecule has 0 aliphatic rings. The average Bonchev–Trinajstić information content (AvgIpc) is 2.71. The molecule has 0 aliphatic carbocycles. The minimum atomic E-state index is -3.95. The van der Waals surface area contributed by atoms with Crippen LogP contribution in [0.3, 0.4) is 0 Å². The monoisotopic (exact) mass is 445 g/mol. The quantitative estimate of drug-likeness (QED) is 0.539. The summed E-state index contributed by atoms with van der Waals surface area (Å²) in [5.41, 5.74) is 5.45. The van der Waals surface area contributed by atoms with Crippen molar-refractivity contribution < 1.29 is 26.8 Å². The molecule has 0 aliphatic heterocycles. The first kappa shape index (κ1) is 21.9. The molecule has 10 heteroatoms. The van der Waals surface area contributed by atoms with Gasteiger partial charge in [-0.3, -0.25) is 14.3 Å². The van der Waals surface area contributed by atoms with Crippen LogP contribution in [0, 0.1) is 18.6 Å². The topological polar surface area (TPSA) is 118 Å². The van der Waals surface area contributed by atoms with E-state index in [0.29, 0.717) is 0 Å². The van der Waals surface area contributed by atoms with Crippen molar-refractivity contribution in [2.75, 3.05) is 10.0 Å². The number of hydrogen-bond acceptors (Lipinski definition) is 4. The number of carbonyl (C=O) groups excluding carboxylic acids is 2. The number of nitrogens with one attached hydrogen (secondary N) is 2. The maximum atomic E-state index is 13.5. The number of carbonyl (C=O) groups is 2. The zero-order valence-corrected chi connectivity index (χ0v) is 17.0. The van der Waals surface area contributed by atoms with Gasteiger partial charge < -0.3 is 11.1 Å². The Morgan fingerprint density at radius 2 is 1.48 bits per heavy atom. The predicted molar refractivity (Wildman–Crippen MR) is 111 cm³/mol. The van der Waals surface area contributed by atoms with Crippen LogP contribution in [0.5, 0.6) is 0 Å². The van der Waals surface area contributed by atoms with Crippen molar-refractivity contribution in [2.24, 2.45) is 5.73 Å². The van der Waals surface area contributed by atoms with Crippen molar-refractivity contribution in [3.05, 3.63) is 89.0 Å². The lowest BCUT2D eigenvalue weighted by Gasteiger charge is -2.10. The molecule has 0 unspecified atom stereocenters. The number of sulfonamides is 1. The lowest BCUT2D eigenvalue weighted by atomic mass is 10.1. The van der Waals surface area contributed by atoms with E-state index in [1.807, 2.05) is 0 Å². The molecule has 160 valence electrons. The van der Waals surface area contributed by atoms with Gasteiger partial charge >= 0.3 is 0 Å². The van der Waals surface area contributed by atoms with Crippen LogP contribution in [-0.2, 0) is 10.0 Å². The number of anilines is 2. The third-order valence-electron chi connectivity index (χ3n) is 4.33. The minimum absolute atomic E-state index is 0.102. The highest BCUT2D eigenvalue weighted by atomic mass is 32.2. The molecule has 3 rings (SSSR count). The van der Waals surface area contributed by atoms with Crippen LogP contribution in [0.2, 0.25) is 0 Å². The first-order chi connectivity index (χ1) is 14.6. The Hall–Kier alpha value is -3.79. The number of rotatable bonds is 6. The summed E-state index contributed by atoms with van der Waals surface area (Å²) in [4.78, 5) is 23.5. The summed E-state index contributed by atoms with van der Waals surface area (Å²) in [6.45, 7) is 1.45. The molecule has 31 heavy (non-hydrogen) atoms. The van der Waals surface area contributed by atoms with Gasteiger partial charge in [0, 0.05) is 16.9 Å². The van der Waals surface area contributed by atoms with Crippen LogP contribution in [-0.4, -0.2) is 20.2 Å². The highest BCUT2D eigenvalue weighted by Crippen LogP contribution is 2.20. The van der Waals surface area contributed by atoms with Gasteiger partial charge in [-0.1, -0.05) is 0 Å². The molecular weight excluding hydrogens is 428 g/mol. The van der Waals surface area contributed by atoms with Crippen LogP contribution in [0.25, 0.3) is 0 Å². The van der Waals surface area contributed by atoms with E-state index < -0.39 is 33.5 Å². The number of amides is 2. The number of halogens is 2. The first-order valence-electron chi connectivity index (χ1n) is 8.86. The third-order valence-corrected chi connectivity index (χ3v) is 5.71. The molecule has 0 radical (unpaired) electrons. The molecule has 0 saturated heterocycles. The van der Waals surface area contributed by atoms with E-state index in [9.17, 15) is 26.8 Å². The molecule has 0 spiro atoms. The average molecular weight is 445 g/mol. The van der Waals surface area contributed by atoms with Gasteiger partial charge in [-0.2, -0.15) is 0 Å². The molecule has 0 fully saturated rings. The largest absolute Gasteiger partial charge is 0.366 e. The van der Waals surface area contributed by atoms with E-state index in [-0.39, 0.29) is 33.0 Å². The second-order valence-electron chi connectivity index (χ2n) is 6.61. The van der Waals surface area contributed by atoms with Crippen molar-refractivity contribution >= 4 is 33.2 Å². The number of hydrogen-bond donors (Lipinski definition) is 3. The summed E-state index contributed by atoms with van der Waals surface area (Å²) in [7, 11) is -3.95. The van der Waals surface area contributed by atoms with Crippen molar-refractivity contribution in [3.63, 3.8) is 0 Å². The molecule has 0 atom stereocenters. The molecule has 0 aromatic heterocycles. The number of nitrogens with two attached hydrogens (primary N) is 1. The molecule has 0 saturated carbocycles. The highest BCUT2D eigenvalue weighted by molar-refractivity contribution is 7.92. The Kier molecular flexibility index (Phi) is 6.02. The Morgan fingerprint density at radius 3 is 2.10 bits per heavy atom. The smallest absolute Gasteiger partial charge is 0.261 e. The summed E-state index contributed by atoms with van der Waals surface area (Å²) >= 11 is 0. The Morgan fingerprint density at radius 1 is 0.871 bits per heavy atom. The molecule has 3 aromatic rings. The van der Waals surface area contributed by atoms with E-state index in [4.69, 9.17) is 5.73 Å². The first-order valence-corrected chi connectivity index (χ1v) is 10.3. The minimum Gasteiger partial charge on any atom is -0.366 e. The van der Waals surface area contributed by atoms with Crippen molar-refractivity contribution in [2.45, 2.75) is 11.8 Å². The standard InChI is InChI=1S/C21H17F2N3O4S/c1-12-10-16(7-9-18(12)22)31(29,30)26-14-4-2-13(3-5-14)21(28)25-15-6-8-19(23)17(11-15)20(24)27/h2-11,26H,1H3,(H2,24,27)(H,25,28). The molecule has 2 amide bonds. The zero-order valence-electron chi connectivity index (χ0n) is 16.1. The van der Waals surface area contributed by atoms with Gasteiger partial charge in [0.15, 0.2) is 0 Å². The van der Waals surface area contributed by atoms with Crippen molar-refractivity contribution in [1.29, 1.82) is 0 Å². The predicted octanol–water partition coefficient (Wildman–Crippen LogP) is 3.43. The fourth-order valence-electron chi connectivity index (χ4n) is 2.68. The van der Waals surface area contributed by atoms with Gasteiger partial charge in [0.1, 0.15) is 11.6 Å². The van der Waals surface area contributed by atoms with E-state index in [1.165, 1.54) is 43.3 Å². The second kappa shape index (κ2) is 8.52. The molecular formula is C21H17F2N3O4S. The molecule has 7 nitrogen and oxygen atoms in total. The lowest BCUT2D eigenvalue weighted by Crippen LogP contribution is -2.16. The summed E-state index contributed by atoms with van der Waals surface area (Å²) < 4.78 is 54.2. The van der Waals surface area contributed by atoms with Gasteiger partial charge in [-0.25, -0.2) is 17.2 Å². The van der Waals surface area contributed by atoms with E-state index in [2.05, 4.69) is 10.0 Å². The number of aryl methyl sites for hydroxylation is 1. The normalized spacial score (nSPS) is 11.1. The second-order valence-corrected chi connectivity index (χ2v) is 8.29. The maximum Gasteiger partial charge on any atom is 0.261 e. The van der Waals surface area contributed by atoms with Crippen LogP contribution < -0.4 is 15.8 Å². The fourth-order valence-corrected chi connectivity index (χ4v) is 3.83.